The maximum absolute atomic E-state index is 5.73. The van der Waals surface area contributed by atoms with E-state index in [2.05, 4.69) is 22.1 Å². The number of hydrogen-bond acceptors (Lipinski definition) is 2. The molecule has 0 heterocycles. The van der Waals surface area contributed by atoms with Crippen molar-refractivity contribution in [1.82, 2.24) is 0 Å². The van der Waals surface area contributed by atoms with Gasteiger partial charge in [-0.05, 0) is 12.1 Å². The van der Waals surface area contributed by atoms with Crippen molar-refractivity contribution >= 4 is 17.8 Å². The number of nitrogens with zero attached hydrogens (tertiary/aromatic N) is 1. The summed E-state index contributed by atoms with van der Waals surface area (Å²) < 4.78 is 0. The first kappa shape index (κ1) is 9.63. The van der Waals surface area contributed by atoms with E-state index in [1.165, 1.54) is 0 Å². The van der Waals surface area contributed by atoms with Crippen molar-refractivity contribution < 1.29 is 4.84 Å². The van der Waals surface area contributed by atoms with Crippen molar-refractivity contribution in [3.63, 3.8) is 0 Å². The molecule has 0 aromatic heterocycles. The summed E-state index contributed by atoms with van der Waals surface area (Å²) >= 11 is 5.73. The molecule has 0 aliphatic heterocycles. The van der Waals surface area contributed by atoms with Crippen LogP contribution in [-0.4, -0.2) is 12.8 Å². The number of hydrogen-bond donors (Lipinski definition) is 0. The molecule has 1 aromatic rings. The third-order valence-electron chi connectivity index (χ3n) is 1.21. The van der Waals surface area contributed by atoms with E-state index in [0.717, 1.165) is 5.56 Å². The summed E-state index contributed by atoms with van der Waals surface area (Å²) in [5.41, 5.74) is 0.754. The fourth-order valence-electron chi connectivity index (χ4n) is 0.713. The Morgan fingerprint density at radius 2 is 2.38 bits per heavy atom. The van der Waals surface area contributed by atoms with Gasteiger partial charge in [0, 0.05) is 10.6 Å². The van der Waals surface area contributed by atoms with Gasteiger partial charge in [0.1, 0.15) is 6.21 Å². The van der Waals surface area contributed by atoms with E-state index in [1.807, 2.05) is 6.07 Å². The zero-order chi connectivity index (χ0) is 9.52. The van der Waals surface area contributed by atoms with Gasteiger partial charge in [-0.3, -0.25) is 0 Å². The van der Waals surface area contributed by atoms with E-state index in [1.54, 1.807) is 18.2 Å². The van der Waals surface area contributed by atoms with Crippen molar-refractivity contribution in [2.24, 2.45) is 5.16 Å². The van der Waals surface area contributed by atoms with Crippen LogP contribution in [0, 0.1) is 12.3 Å². The monoisotopic (exact) mass is 192 g/mol. The van der Waals surface area contributed by atoms with Gasteiger partial charge in [-0.15, -0.1) is 6.42 Å². The number of halogens is 1. The maximum atomic E-state index is 5.73. The minimum absolute atomic E-state index is 0.146. The van der Waals surface area contributed by atoms with E-state index >= 15 is 0 Å². The predicted molar refractivity (Wildman–Crippen MR) is 52.8 cm³/mol. The second-order valence-corrected chi connectivity index (χ2v) is 2.63. The van der Waals surface area contributed by atoms with Crippen LogP contribution in [0.5, 0.6) is 0 Å². The molecular formula is C10H7ClNO. The Kier molecular flexibility index (Phi) is 3.87. The van der Waals surface area contributed by atoms with Crippen molar-refractivity contribution in [3.05, 3.63) is 34.9 Å². The summed E-state index contributed by atoms with van der Waals surface area (Å²) in [4.78, 5) is 4.66. The third-order valence-corrected chi connectivity index (χ3v) is 1.45. The average Bonchev–Trinajstić information content (AvgIpc) is 2.13. The Bertz CT molecular complexity index is 341. The zero-order valence-corrected chi connectivity index (χ0v) is 7.58. The number of benzene rings is 1. The number of rotatable bonds is 3. The van der Waals surface area contributed by atoms with E-state index < -0.39 is 0 Å². The molecule has 0 unspecified atom stereocenters. The molecule has 0 saturated carbocycles. The van der Waals surface area contributed by atoms with Crippen LogP contribution in [0.4, 0.5) is 0 Å². The minimum Gasteiger partial charge on any atom is -0.382 e. The van der Waals surface area contributed by atoms with Crippen LogP contribution in [0.1, 0.15) is 5.56 Å². The Hall–Kier alpha value is -1.46. The topological polar surface area (TPSA) is 21.6 Å². The van der Waals surface area contributed by atoms with Gasteiger partial charge in [0.2, 0.25) is 0 Å². The van der Waals surface area contributed by atoms with E-state index in [0.29, 0.717) is 5.02 Å². The summed E-state index contributed by atoms with van der Waals surface area (Å²) in [6, 6.07) is 7.12. The number of terminal acetylenes is 1. The Balaban J connectivity index is 2.54. The summed E-state index contributed by atoms with van der Waals surface area (Å²) in [6.45, 7) is 0.146. The molecule has 65 valence electrons. The fraction of sp³-hybridized carbons (Fsp3) is 0.100. The van der Waals surface area contributed by atoms with Gasteiger partial charge in [0.05, 0.1) is 0 Å². The first-order valence-electron chi connectivity index (χ1n) is 3.60. The van der Waals surface area contributed by atoms with Crippen LogP contribution >= 0.6 is 11.6 Å². The zero-order valence-electron chi connectivity index (χ0n) is 6.83. The molecule has 0 amide bonds. The van der Waals surface area contributed by atoms with Gasteiger partial charge in [-0.1, -0.05) is 34.8 Å². The molecule has 0 aliphatic rings. The highest BCUT2D eigenvalue weighted by atomic mass is 35.5. The van der Waals surface area contributed by atoms with Gasteiger partial charge >= 0.3 is 0 Å². The Labute approximate surface area is 82.2 Å². The normalized spacial score (nSPS) is 9.85. The van der Waals surface area contributed by atoms with Crippen LogP contribution in [0.25, 0.3) is 0 Å². The quantitative estimate of drug-likeness (QED) is 0.311. The van der Waals surface area contributed by atoms with E-state index in [9.17, 15) is 0 Å². The van der Waals surface area contributed by atoms with Gasteiger partial charge in [-0.25, -0.2) is 0 Å². The largest absolute Gasteiger partial charge is 0.382 e. The highest BCUT2D eigenvalue weighted by Gasteiger charge is 1.89. The van der Waals surface area contributed by atoms with Crippen LogP contribution in [0.3, 0.4) is 0 Å². The first-order chi connectivity index (χ1) is 6.33. The molecular weight excluding hydrogens is 186 g/mol. The minimum atomic E-state index is 0.146. The first-order valence-corrected chi connectivity index (χ1v) is 3.98. The van der Waals surface area contributed by atoms with E-state index in [4.69, 9.17) is 18.0 Å². The lowest BCUT2D eigenvalue weighted by molar-refractivity contribution is 0.181. The molecule has 1 radical (unpaired) electrons. The van der Waals surface area contributed by atoms with Gasteiger partial charge < -0.3 is 4.84 Å². The van der Waals surface area contributed by atoms with Crippen molar-refractivity contribution in [2.75, 3.05) is 6.61 Å². The molecule has 13 heavy (non-hydrogen) atoms. The molecule has 3 heteroatoms. The average molecular weight is 193 g/mol. The van der Waals surface area contributed by atoms with Gasteiger partial charge in [0.25, 0.3) is 0 Å². The molecule has 0 atom stereocenters. The molecule has 0 N–H and O–H groups in total. The summed E-state index contributed by atoms with van der Waals surface area (Å²) in [6.07, 6.45) is 7.59. The molecule has 0 spiro atoms. The van der Waals surface area contributed by atoms with Crippen LogP contribution in [0.2, 0.25) is 5.02 Å². The van der Waals surface area contributed by atoms with Crippen LogP contribution < -0.4 is 0 Å². The molecule has 0 bridgehead atoms. The Morgan fingerprint density at radius 1 is 1.54 bits per heavy atom. The molecule has 1 aromatic carbocycles. The molecule has 0 aliphatic carbocycles. The third kappa shape index (κ3) is 3.64. The van der Waals surface area contributed by atoms with E-state index in [-0.39, 0.29) is 6.61 Å². The fourth-order valence-corrected chi connectivity index (χ4v) is 0.903. The van der Waals surface area contributed by atoms with Crippen LogP contribution in [0.15, 0.2) is 29.4 Å². The lowest BCUT2D eigenvalue weighted by Gasteiger charge is -1.92. The summed E-state index contributed by atoms with van der Waals surface area (Å²) in [7, 11) is 0. The lowest BCUT2D eigenvalue weighted by Crippen LogP contribution is -1.85. The highest BCUT2D eigenvalue weighted by molar-refractivity contribution is 6.30. The molecule has 2 nitrogen and oxygen atoms in total. The maximum Gasteiger partial charge on any atom is 0.177 e. The highest BCUT2D eigenvalue weighted by Crippen LogP contribution is 2.08. The molecule has 0 fully saturated rings. The van der Waals surface area contributed by atoms with Crippen molar-refractivity contribution in [1.29, 1.82) is 0 Å². The molecule has 1 rings (SSSR count). The van der Waals surface area contributed by atoms with Gasteiger partial charge in [0.15, 0.2) is 6.61 Å². The smallest absolute Gasteiger partial charge is 0.177 e. The summed E-state index contributed by atoms with van der Waals surface area (Å²) in [5.74, 6) is 2.28. The lowest BCUT2D eigenvalue weighted by atomic mass is 10.2. The predicted octanol–water partition coefficient (Wildman–Crippen LogP) is 2.20. The van der Waals surface area contributed by atoms with Crippen molar-refractivity contribution in [3.8, 4) is 12.3 Å². The Morgan fingerprint density at radius 3 is 3.08 bits per heavy atom. The van der Waals surface area contributed by atoms with Crippen LogP contribution in [-0.2, 0) is 4.84 Å². The SMILES string of the molecule is C#CCON=[C]c1cccc(Cl)c1. The van der Waals surface area contributed by atoms with Crippen molar-refractivity contribution in [2.45, 2.75) is 0 Å². The van der Waals surface area contributed by atoms with Gasteiger partial charge in [-0.2, -0.15) is 0 Å². The molecule has 0 saturated heterocycles. The standard InChI is InChI=1S/C10H7ClNO/c1-2-6-13-12-8-9-4-3-5-10(11)7-9/h1,3-5,7H,6H2. The summed E-state index contributed by atoms with van der Waals surface area (Å²) in [5, 5.41) is 4.16. The second-order valence-electron chi connectivity index (χ2n) is 2.19. The second kappa shape index (κ2) is 5.23.